The van der Waals surface area contributed by atoms with E-state index >= 15 is 0 Å². The average Bonchev–Trinajstić information content (AvgIpc) is 3.24. The monoisotopic (exact) mass is 426 g/mol. The first-order valence-corrected chi connectivity index (χ1v) is 10.6. The molecule has 0 unspecified atom stereocenters. The lowest BCUT2D eigenvalue weighted by molar-refractivity contribution is 0.0989. The lowest BCUT2D eigenvalue weighted by atomic mass is 10.0. The second kappa shape index (κ2) is 10.1. The minimum atomic E-state index is -0.0204. The molecule has 0 radical (unpaired) electrons. The van der Waals surface area contributed by atoms with Crippen LogP contribution in [0.5, 0.6) is 0 Å². The fraction of sp³-hybridized carbons (Fsp3) is 0.409. The lowest BCUT2D eigenvalue weighted by Crippen LogP contribution is -2.48. The van der Waals surface area contributed by atoms with E-state index in [0.29, 0.717) is 13.2 Å². The molecule has 30 heavy (non-hydrogen) atoms. The third kappa shape index (κ3) is 5.05. The molecular weight excluding hydrogens is 400 g/mol. The molecule has 0 aliphatic carbocycles. The molecule has 0 spiro atoms. The summed E-state index contributed by atoms with van der Waals surface area (Å²) in [6.45, 7) is 6.05. The quantitative estimate of drug-likeness (QED) is 0.552. The van der Waals surface area contributed by atoms with Gasteiger partial charge in [0.15, 0.2) is 5.82 Å². The molecule has 0 amide bonds. The molecule has 3 aromatic rings. The van der Waals surface area contributed by atoms with Crippen molar-refractivity contribution >= 4 is 11.6 Å². The Labute approximate surface area is 182 Å². The Bertz CT molecular complexity index is 909. The van der Waals surface area contributed by atoms with Gasteiger partial charge in [0.2, 0.25) is 0 Å². The van der Waals surface area contributed by atoms with Crippen molar-refractivity contribution in [2.24, 2.45) is 0 Å². The van der Waals surface area contributed by atoms with Crippen molar-refractivity contribution in [2.75, 3.05) is 39.9 Å². The van der Waals surface area contributed by atoms with Gasteiger partial charge in [-0.05, 0) is 33.7 Å². The third-order valence-corrected chi connectivity index (χ3v) is 5.77. The molecular formula is C22H27ClN6O. The van der Waals surface area contributed by atoms with Gasteiger partial charge in [0.25, 0.3) is 0 Å². The highest BCUT2D eigenvalue weighted by atomic mass is 35.5. The maximum Gasteiger partial charge on any atom is 0.173 e. The molecule has 1 aliphatic rings. The molecule has 1 atom stereocenters. The number of hydrogen-bond donors (Lipinski definition) is 0. The highest BCUT2D eigenvalue weighted by Crippen LogP contribution is 2.29. The van der Waals surface area contributed by atoms with Crippen molar-refractivity contribution in [1.82, 2.24) is 30.0 Å². The Balaban J connectivity index is 1.52. The molecule has 158 valence electrons. The zero-order valence-corrected chi connectivity index (χ0v) is 17.9. The number of aromatic nitrogens is 4. The summed E-state index contributed by atoms with van der Waals surface area (Å²) in [5, 5.41) is 13.3. The van der Waals surface area contributed by atoms with Crippen LogP contribution in [0, 0.1) is 0 Å². The van der Waals surface area contributed by atoms with E-state index in [1.54, 1.807) is 7.11 Å². The van der Waals surface area contributed by atoms with E-state index in [-0.39, 0.29) is 6.04 Å². The fourth-order valence-electron chi connectivity index (χ4n) is 3.93. The number of hydrogen-bond acceptors (Lipinski definition) is 6. The van der Waals surface area contributed by atoms with Gasteiger partial charge < -0.3 is 4.74 Å². The summed E-state index contributed by atoms with van der Waals surface area (Å²) in [7, 11) is 1.69. The molecule has 7 nitrogen and oxygen atoms in total. The number of nitrogens with zero attached hydrogens (tertiary/aromatic N) is 6. The third-order valence-electron chi connectivity index (χ3n) is 5.52. The van der Waals surface area contributed by atoms with E-state index in [4.69, 9.17) is 16.3 Å². The van der Waals surface area contributed by atoms with Gasteiger partial charge in [0.1, 0.15) is 0 Å². The number of benzene rings is 2. The predicted molar refractivity (Wildman–Crippen MR) is 116 cm³/mol. The van der Waals surface area contributed by atoms with Gasteiger partial charge in [-0.2, -0.15) is 0 Å². The van der Waals surface area contributed by atoms with Crippen LogP contribution in [0.25, 0.3) is 0 Å². The number of tetrazole rings is 1. The zero-order valence-electron chi connectivity index (χ0n) is 17.2. The molecule has 0 N–H and O–H groups in total. The molecule has 2 heterocycles. The van der Waals surface area contributed by atoms with Crippen molar-refractivity contribution in [2.45, 2.75) is 19.1 Å². The molecule has 4 rings (SSSR count). The topological polar surface area (TPSA) is 59.3 Å². The SMILES string of the molecule is COCCn1nnnc1[C@@H](c1ccc(Cl)cc1)N1CCN(Cc2ccccc2)CC1. The van der Waals surface area contributed by atoms with Gasteiger partial charge in [0, 0.05) is 44.9 Å². The number of ether oxygens (including phenoxy) is 1. The molecule has 1 saturated heterocycles. The van der Waals surface area contributed by atoms with E-state index < -0.39 is 0 Å². The van der Waals surface area contributed by atoms with Gasteiger partial charge in [-0.25, -0.2) is 4.68 Å². The summed E-state index contributed by atoms with van der Waals surface area (Å²) in [6.07, 6.45) is 0. The van der Waals surface area contributed by atoms with Gasteiger partial charge >= 0.3 is 0 Å². The molecule has 8 heteroatoms. The van der Waals surface area contributed by atoms with E-state index in [2.05, 4.69) is 67.8 Å². The van der Waals surface area contributed by atoms with Gasteiger partial charge in [-0.15, -0.1) is 5.10 Å². The van der Waals surface area contributed by atoms with Crippen LogP contribution >= 0.6 is 11.6 Å². The van der Waals surface area contributed by atoms with Crippen LogP contribution in [0.3, 0.4) is 0 Å². The normalized spacial score (nSPS) is 16.6. The van der Waals surface area contributed by atoms with Crippen LogP contribution in [0.4, 0.5) is 0 Å². The number of rotatable bonds is 8. The summed E-state index contributed by atoms with van der Waals surface area (Å²) < 4.78 is 7.08. The summed E-state index contributed by atoms with van der Waals surface area (Å²) in [5.74, 6) is 0.839. The molecule has 1 fully saturated rings. The van der Waals surface area contributed by atoms with E-state index in [0.717, 1.165) is 49.1 Å². The Morgan fingerprint density at radius 3 is 2.43 bits per heavy atom. The van der Waals surface area contributed by atoms with Crippen molar-refractivity contribution < 1.29 is 4.74 Å². The summed E-state index contributed by atoms with van der Waals surface area (Å²) >= 11 is 6.14. The Morgan fingerprint density at radius 2 is 1.73 bits per heavy atom. The molecule has 2 aromatic carbocycles. The molecule has 0 bridgehead atoms. The van der Waals surface area contributed by atoms with Gasteiger partial charge in [-0.3, -0.25) is 9.80 Å². The van der Waals surface area contributed by atoms with Crippen LogP contribution in [0.2, 0.25) is 5.02 Å². The Kier molecular flexibility index (Phi) is 7.07. The summed E-state index contributed by atoms with van der Waals surface area (Å²) in [4.78, 5) is 4.96. The van der Waals surface area contributed by atoms with Gasteiger partial charge in [-0.1, -0.05) is 54.1 Å². The largest absolute Gasteiger partial charge is 0.383 e. The average molecular weight is 427 g/mol. The van der Waals surface area contributed by atoms with Gasteiger partial charge in [0.05, 0.1) is 19.2 Å². The highest BCUT2D eigenvalue weighted by molar-refractivity contribution is 6.30. The second-order valence-electron chi connectivity index (χ2n) is 7.50. The second-order valence-corrected chi connectivity index (χ2v) is 7.94. The molecule has 0 saturated carbocycles. The van der Waals surface area contributed by atoms with Crippen molar-refractivity contribution in [1.29, 1.82) is 0 Å². The number of piperazine rings is 1. The fourth-order valence-corrected chi connectivity index (χ4v) is 4.06. The highest BCUT2D eigenvalue weighted by Gasteiger charge is 2.30. The minimum Gasteiger partial charge on any atom is -0.383 e. The first kappa shape index (κ1) is 20.9. The lowest BCUT2D eigenvalue weighted by Gasteiger charge is -2.39. The molecule has 1 aliphatic heterocycles. The maximum atomic E-state index is 6.14. The van der Waals surface area contributed by atoms with Crippen LogP contribution in [-0.2, 0) is 17.8 Å². The predicted octanol–water partition coefficient (Wildman–Crippen LogP) is 2.88. The Hall–Kier alpha value is -2.32. The van der Waals surface area contributed by atoms with Crippen molar-refractivity contribution in [3.8, 4) is 0 Å². The summed E-state index contributed by atoms with van der Waals surface area (Å²) in [5.41, 5.74) is 2.49. The van der Waals surface area contributed by atoms with Crippen LogP contribution in [-0.4, -0.2) is 69.9 Å². The standard InChI is InChI=1S/C22H27ClN6O/c1-30-16-15-29-22(24-25-26-29)21(19-7-9-20(23)10-8-19)28-13-11-27(12-14-28)17-18-5-3-2-4-6-18/h2-10,21H,11-17H2,1H3/t21-/m1/s1. The van der Waals surface area contributed by atoms with Crippen LogP contribution < -0.4 is 0 Å². The van der Waals surface area contributed by atoms with Crippen LogP contribution in [0.1, 0.15) is 23.0 Å². The summed E-state index contributed by atoms with van der Waals surface area (Å²) in [6, 6.07) is 18.6. The van der Waals surface area contributed by atoms with E-state index in [9.17, 15) is 0 Å². The number of halogens is 1. The van der Waals surface area contributed by atoms with Crippen molar-refractivity contribution in [3.63, 3.8) is 0 Å². The zero-order chi connectivity index (χ0) is 20.8. The number of methoxy groups -OCH3 is 1. The minimum absolute atomic E-state index is 0.0204. The Morgan fingerprint density at radius 1 is 1.00 bits per heavy atom. The van der Waals surface area contributed by atoms with E-state index in [1.807, 2.05) is 16.8 Å². The van der Waals surface area contributed by atoms with Crippen LogP contribution in [0.15, 0.2) is 54.6 Å². The maximum absolute atomic E-state index is 6.14. The first-order valence-electron chi connectivity index (χ1n) is 10.3. The molecule has 1 aromatic heterocycles. The van der Waals surface area contributed by atoms with Crippen molar-refractivity contribution in [3.05, 3.63) is 76.6 Å². The smallest absolute Gasteiger partial charge is 0.173 e. The first-order chi connectivity index (χ1) is 14.7. The van der Waals surface area contributed by atoms with E-state index in [1.165, 1.54) is 5.56 Å².